The molecule has 2 aliphatic heterocycles. The number of sulfonamides is 1. The smallest absolute Gasteiger partial charge is 0.293 e. The molecule has 2 aromatic rings. The average Bonchev–Trinajstić information content (AvgIpc) is 2.99. The minimum Gasteiger partial charge on any atom is -0.393 e. The minimum atomic E-state index is -3.96. The van der Waals surface area contributed by atoms with E-state index in [1.165, 1.54) is 16.4 Å². The Balaban J connectivity index is 1.74. The molecule has 160 valence electrons. The number of nitrogens with zero attached hydrogens (tertiary/aromatic N) is 3. The molecule has 0 amide bonds. The summed E-state index contributed by atoms with van der Waals surface area (Å²) in [6.07, 6.45) is 2.51. The zero-order valence-electron chi connectivity index (χ0n) is 16.7. The number of para-hydroxylation sites is 1. The third kappa shape index (κ3) is 3.52. The highest BCUT2D eigenvalue weighted by atomic mass is 32.2. The van der Waals surface area contributed by atoms with Gasteiger partial charge in [-0.05, 0) is 56.9 Å². The Morgan fingerprint density at radius 2 is 1.77 bits per heavy atom. The van der Waals surface area contributed by atoms with E-state index in [-0.39, 0.29) is 35.3 Å². The van der Waals surface area contributed by atoms with E-state index in [0.717, 1.165) is 12.8 Å². The number of benzene rings is 2. The van der Waals surface area contributed by atoms with Gasteiger partial charge in [-0.15, -0.1) is 0 Å². The highest BCUT2D eigenvalue weighted by Crippen LogP contribution is 2.43. The van der Waals surface area contributed by atoms with Crippen LogP contribution in [0.15, 0.2) is 53.4 Å². The van der Waals surface area contributed by atoms with Crippen molar-refractivity contribution in [2.45, 2.75) is 55.7 Å². The van der Waals surface area contributed by atoms with E-state index < -0.39 is 14.9 Å². The monoisotopic (exact) mass is 431 g/mol. The molecule has 4 rings (SSSR count). The van der Waals surface area contributed by atoms with Crippen molar-refractivity contribution >= 4 is 27.1 Å². The molecule has 8 nitrogen and oxygen atoms in total. The summed E-state index contributed by atoms with van der Waals surface area (Å²) in [6.45, 7) is 1.93. The predicted molar refractivity (Wildman–Crippen MR) is 114 cm³/mol. The molecule has 2 atom stereocenters. The second-order valence-electron chi connectivity index (χ2n) is 7.83. The second-order valence-corrected chi connectivity index (χ2v) is 9.69. The molecular weight excluding hydrogens is 406 g/mol. The van der Waals surface area contributed by atoms with Crippen molar-refractivity contribution in [3.63, 3.8) is 0 Å². The molecule has 0 radical (unpaired) electrons. The summed E-state index contributed by atoms with van der Waals surface area (Å²) >= 11 is 0. The molecule has 2 saturated heterocycles. The van der Waals surface area contributed by atoms with E-state index in [2.05, 4.69) is 0 Å². The van der Waals surface area contributed by atoms with E-state index in [1.54, 1.807) is 43.3 Å². The average molecular weight is 432 g/mol. The molecule has 2 aromatic carbocycles. The first kappa shape index (κ1) is 20.6. The van der Waals surface area contributed by atoms with Crippen LogP contribution in [0.1, 0.15) is 32.6 Å². The molecule has 9 heteroatoms. The van der Waals surface area contributed by atoms with Crippen LogP contribution in [-0.2, 0) is 10.0 Å². The highest BCUT2D eigenvalue weighted by Gasteiger charge is 2.42. The fourth-order valence-corrected chi connectivity index (χ4v) is 6.28. The Labute approximate surface area is 175 Å². The van der Waals surface area contributed by atoms with Crippen molar-refractivity contribution in [1.29, 1.82) is 0 Å². The van der Waals surface area contributed by atoms with Gasteiger partial charge in [-0.25, -0.2) is 8.42 Å². The van der Waals surface area contributed by atoms with Crippen molar-refractivity contribution in [3.05, 3.63) is 58.6 Å². The Hall–Kier alpha value is -2.65. The summed E-state index contributed by atoms with van der Waals surface area (Å²) in [5.41, 5.74) is 0.726. The third-order valence-electron chi connectivity index (χ3n) is 6.05. The minimum absolute atomic E-state index is 0.0383. The fourth-order valence-electron chi connectivity index (χ4n) is 4.78. The molecule has 30 heavy (non-hydrogen) atoms. The largest absolute Gasteiger partial charge is 0.393 e. The van der Waals surface area contributed by atoms with Gasteiger partial charge in [-0.3, -0.25) is 14.4 Å². The SMILES string of the molecule is CCN(c1ccccc1)S(=O)(=O)c1ccc(N2C3CCC2CC(O)C3)c([N+](=O)[O-])c1. The van der Waals surface area contributed by atoms with Crippen molar-refractivity contribution in [2.24, 2.45) is 0 Å². The molecule has 2 bridgehead atoms. The number of piperidine rings is 1. The van der Waals surface area contributed by atoms with Gasteiger partial charge in [-0.1, -0.05) is 18.2 Å². The van der Waals surface area contributed by atoms with Gasteiger partial charge < -0.3 is 10.0 Å². The lowest BCUT2D eigenvalue weighted by atomic mass is 9.98. The molecule has 0 aliphatic carbocycles. The normalized spacial score (nSPS) is 23.4. The zero-order valence-corrected chi connectivity index (χ0v) is 17.5. The van der Waals surface area contributed by atoms with Crippen LogP contribution in [0, 0.1) is 10.1 Å². The topological polar surface area (TPSA) is 104 Å². The highest BCUT2D eigenvalue weighted by molar-refractivity contribution is 7.92. The number of hydrogen-bond acceptors (Lipinski definition) is 6. The number of fused-ring (bicyclic) bond motifs is 2. The molecule has 0 aromatic heterocycles. The van der Waals surface area contributed by atoms with E-state index in [0.29, 0.717) is 24.2 Å². The van der Waals surface area contributed by atoms with Crippen LogP contribution < -0.4 is 9.21 Å². The van der Waals surface area contributed by atoms with E-state index >= 15 is 0 Å². The number of aliphatic hydroxyl groups is 1. The van der Waals surface area contributed by atoms with Gasteiger partial charge in [-0.2, -0.15) is 0 Å². The molecule has 1 N–H and O–H groups in total. The van der Waals surface area contributed by atoms with Crippen LogP contribution in [0.25, 0.3) is 0 Å². The van der Waals surface area contributed by atoms with Crippen LogP contribution in [0.3, 0.4) is 0 Å². The summed E-state index contributed by atoms with van der Waals surface area (Å²) in [7, 11) is -3.96. The number of aliphatic hydroxyl groups excluding tert-OH is 1. The summed E-state index contributed by atoms with van der Waals surface area (Å²) in [6, 6.07) is 12.9. The molecule has 2 aliphatic rings. The van der Waals surface area contributed by atoms with Gasteiger partial charge in [0.1, 0.15) is 5.69 Å². The van der Waals surface area contributed by atoms with E-state index in [4.69, 9.17) is 0 Å². The molecule has 0 spiro atoms. The molecular formula is C21H25N3O5S. The Morgan fingerprint density at radius 3 is 2.33 bits per heavy atom. The maximum absolute atomic E-state index is 13.3. The van der Waals surface area contributed by atoms with Gasteiger partial charge in [0.25, 0.3) is 15.7 Å². The standard InChI is InChI=1S/C21H25N3O5S/c1-2-22(15-6-4-3-5-7-15)30(28,29)19-10-11-20(21(14-19)24(26)27)23-16-8-9-17(23)13-18(25)12-16/h3-7,10-11,14,16-18,25H,2,8-9,12-13H2,1H3. The van der Waals surface area contributed by atoms with E-state index in [1.807, 2.05) is 4.90 Å². The lowest BCUT2D eigenvalue weighted by Gasteiger charge is -2.38. The molecule has 0 saturated carbocycles. The molecule has 2 heterocycles. The van der Waals surface area contributed by atoms with Crippen LogP contribution >= 0.6 is 0 Å². The summed E-state index contributed by atoms with van der Waals surface area (Å²) in [5, 5.41) is 21.9. The van der Waals surface area contributed by atoms with Gasteiger partial charge >= 0.3 is 0 Å². The molecule has 2 fully saturated rings. The third-order valence-corrected chi connectivity index (χ3v) is 7.95. The number of anilines is 2. The van der Waals surface area contributed by atoms with Crippen LogP contribution in [0.5, 0.6) is 0 Å². The van der Waals surface area contributed by atoms with Crippen LogP contribution in [-0.4, -0.2) is 43.2 Å². The lowest BCUT2D eigenvalue weighted by molar-refractivity contribution is -0.384. The van der Waals surface area contributed by atoms with Gasteiger partial charge in [0.15, 0.2) is 0 Å². The maximum atomic E-state index is 13.3. The van der Waals surface area contributed by atoms with Crippen molar-refractivity contribution in [3.8, 4) is 0 Å². The number of nitro groups is 1. The van der Waals surface area contributed by atoms with E-state index in [9.17, 15) is 23.6 Å². The first-order valence-electron chi connectivity index (χ1n) is 10.2. The first-order valence-corrected chi connectivity index (χ1v) is 11.6. The Kier molecular flexibility index (Phi) is 5.42. The van der Waals surface area contributed by atoms with Crippen LogP contribution in [0.2, 0.25) is 0 Å². The van der Waals surface area contributed by atoms with Crippen molar-refractivity contribution in [2.75, 3.05) is 15.7 Å². The Morgan fingerprint density at radius 1 is 1.13 bits per heavy atom. The van der Waals surface area contributed by atoms with Gasteiger partial charge in [0.2, 0.25) is 0 Å². The summed E-state index contributed by atoms with van der Waals surface area (Å²) in [4.78, 5) is 13.3. The van der Waals surface area contributed by atoms with Crippen molar-refractivity contribution in [1.82, 2.24) is 0 Å². The summed E-state index contributed by atoms with van der Waals surface area (Å²) in [5.74, 6) is 0. The number of hydrogen-bond donors (Lipinski definition) is 1. The lowest BCUT2D eigenvalue weighted by Crippen LogP contribution is -2.45. The zero-order chi connectivity index (χ0) is 21.5. The molecule has 2 unspecified atom stereocenters. The van der Waals surface area contributed by atoms with Crippen LogP contribution in [0.4, 0.5) is 17.1 Å². The van der Waals surface area contributed by atoms with Gasteiger partial charge in [0.05, 0.1) is 21.6 Å². The quantitative estimate of drug-likeness (QED) is 0.556. The fraction of sp³-hybridized carbons (Fsp3) is 0.429. The van der Waals surface area contributed by atoms with Gasteiger partial charge in [0, 0.05) is 24.7 Å². The predicted octanol–water partition coefficient (Wildman–Crippen LogP) is 3.30. The van der Waals surface area contributed by atoms with Crippen molar-refractivity contribution < 1.29 is 18.4 Å². The summed E-state index contributed by atoms with van der Waals surface area (Å²) < 4.78 is 27.8. The number of rotatable bonds is 6. The second kappa shape index (κ2) is 7.88. The number of nitro benzene ring substituents is 1. The maximum Gasteiger partial charge on any atom is 0.293 e. The first-order chi connectivity index (χ1) is 14.3. The Bertz CT molecular complexity index is 1030.